The molecule has 0 radical (unpaired) electrons. The van der Waals surface area contributed by atoms with Crippen molar-refractivity contribution >= 4 is 15.9 Å². The Labute approximate surface area is 173 Å². The average Bonchev–Trinajstić information content (AvgIpc) is 3.14. The molecule has 2 aliphatic heterocycles. The molecule has 1 aromatic rings. The SMILES string of the molecule is CCCS(=O)(=O)N1CCN(Cc2noc(CCC(=O)N3CCC(C)CC3)n2)CC1. The van der Waals surface area contributed by atoms with Crippen LogP contribution in [0.2, 0.25) is 0 Å². The van der Waals surface area contributed by atoms with Crippen LogP contribution < -0.4 is 0 Å². The first-order valence-corrected chi connectivity index (χ1v) is 12.3. The maximum atomic E-state index is 12.3. The van der Waals surface area contributed by atoms with Crippen molar-refractivity contribution in [2.24, 2.45) is 5.92 Å². The van der Waals surface area contributed by atoms with E-state index in [1.54, 1.807) is 4.31 Å². The van der Waals surface area contributed by atoms with E-state index in [1.807, 2.05) is 11.8 Å². The highest BCUT2D eigenvalue weighted by Gasteiger charge is 2.27. The van der Waals surface area contributed by atoms with Crippen molar-refractivity contribution in [3.8, 4) is 0 Å². The van der Waals surface area contributed by atoms with Crippen molar-refractivity contribution < 1.29 is 17.7 Å². The first-order chi connectivity index (χ1) is 13.9. The molecule has 2 saturated heterocycles. The largest absolute Gasteiger partial charge is 0.343 e. The molecule has 0 aromatic carbocycles. The number of piperidine rings is 1. The van der Waals surface area contributed by atoms with Gasteiger partial charge in [-0.2, -0.15) is 9.29 Å². The van der Waals surface area contributed by atoms with Crippen LogP contribution in [0, 0.1) is 5.92 Å². The number of rotatable bonds is 8. The molecule has 3 heterocycles. The van der Waals surface area contributed by atoms with Gasteiger partial charge in [-0.25, -0.2) is 8.42 Å². The highest BCUT2D eigenvalue weighted by Crippen LogP contribution is 2.17. The van der Waals surface area contributed by atoms with Gasteiger partial charge in [0.05, 0.1) is 12.3 Å². The van der Waals surface area contributed by atoms with E-state index in [2.05, 4.69) is 22.0 Å². The Hall–Kier alpha value is -1.52. The van der Waals surface area contributed by atoms with Gasteiger partial charge in [0.2, 0.25) is 21.8 Å². The molecule has 2 aliphatic rings. The minimum Gasteiger partial charge on any atom is -0.343 e. The molecule has 164 valence electrons. The number of piperazine rings is 1. The molecule has 0 saturated carbocycles. The van der Waals surface area contributed by atoms with Crippen LogP contribution in [0.3, 0.4) is 0 Å². The molecule has 1 aromatic heterocycles. The van der Waals surface area contributed by atoms with Crippen LogP contribution in [-0.2, 0) is 27.8 Å². The summed E-state index contributed by atoms with van der Waals surface area (Å²) in [6.45, 7) is 8.62. The Balaban J connectivity index is 1.41. The van der Waals surface area contributed by atoms with Gasteiger partial charge in [-0.05, 0) is 25.2 Å². The van der Waals surface area contributed by atoms with Gasteiger partial charge in [-0.1, -0.05) is 19.0 Å². The van der Waals surface area contributed by atoms with Crippen molar-refractivity contribution in [1.82, 2.24) is 24.2 Å². The molecular formula is C19H33N5O4S. The van der Waals surface area contributed by atoms with Crippen LogP contribution in [0.5, 0.6) is 0 Å². The normalized spacial score (nSPS) is 20.3. The summed E-state index contributed by atoms with van der Waals surface area (Å²) >= 11 is 0. The monoisotopic (exact) mass is 427 g/mol. The van der Waals surface area contributed by atoms with Gasteiger partial charge in [-0.15, -0.1) is 0 Å². The van der Waals surface area contributed by atoms with Crippen LogP contribution >= 0.6 is 0 Å². The first-order valence-electron chi connectivity index (χ1n) is 10.7. The Bertz CT molecular complexity index is 765. The highest BCUT2D eigenvalue weighted by atomic mass is 32.2. The molecule has 2 fully saturated rings. The molecule has 9 nitrogen and oxygen atoms in total. The first kappa shape index (κ1) is 22.2. The third kappa shape index (κ3) is 6.23. The number of carbonyl (C=O) groups is 1. The van der Waals surface area contributed by atoms with Crippen LogP contribution in [0.15, 0.2) is 4.52 Å². The van der Waals surface area contributed by atoms with E-state index in [4.69, 9.17) is 4.52 Å². The maximum absolute atomic E-state index is 12.3. The summed E-state index contributed by atoms with van der Waals surface area (Å²) in [7, 11) is -3.13. The number of sulfonamides is 1. The van der Waals surface area contributed by atoms with Crippen molar-refractivity contribution in [2.45, 2.75) is 52.5 Å². The van der Waals surface area contributed by atoms with Crippen molar-refractivity contribution in [3.63, 3.8) is 0 Å². The lowest BCUT2D eigenvalue weighted by atomic mass is 9.99. The molecule has 29 heavy (non-hydrogen) atoms. The summed E-state index contributed by atoms with van der Waals surface area (Å²) in [5, 5.41) is 4.02. The van der Waals surface area contributed by atoms with Crippen molar-refractivity contribution in [1.29, 1.82) is 0 Å². The Morgan fingerprint density at radius 1 is 1.14 bits per heavy atom. The summed E-state index contributed by atoms with van der Waals surface area (Å²) in [5.74, 6) is 2.13. The van der Waals surface area contributed by atoms with E-state index in [9.17, 15) is 13.2 Å². The second-order valence-electron chi connectivity index (χ2n) is 8.16. The standard InChI is InChI=1S/C19H33N5O4S/c1-3-14-29(26,27)24-12-10-22(11-13-24)15-17-20-18(28-21-17)4-5-19(25)23-8-6-16(2)7-9-23/h16H,3-15H2,1-2H3. The highest BCUT2D eigenvalue weighted by molar-refractivity contribution is 7.89. The van der Waals surface area contributed by atoms with E-state index in [0.717, 1.165) is 25.9 Å². The second-order valence-corrected chi connectivity index (χ2v) is 10.2. The number of hydrogen-bond donors (Lipinski definition) is 0. The van der Waals surface area contributed by atoms with Crippen LogP contribution in [0.25, 0.3) is 0 Å². The number of likely N-dealkylation sites (tertiary alicyclic amines) is 1. The fourth-order valence-corrected chi connectivity index (χ4v) is 5.33. The molecule has 0 atom stereocenters. The van der Waals surface area contributed by atoms with Gasteiger partial charge in [-0.3, -0.25) is 9.69 Å². The fourth-order valence-electron chi connectivity index (χ4n) is 3.84. The average molecular weight is 428 g/mol. The topological polar surface area (TPSA) is 99.8 Å². The van der Waals surface area contributed by atoms with Crippen molar-refractivity contribution in [2.75, 3.05) is 45.0 Å². The molecule has 0 spiro atoms. The molecule has 0 N–H and O–H groups in total. The predicted octanol–water partition coefficient (Wildman–Crippen LogP) is 1.12. The number of hydrogen-bond acceptors (Lipinski definition) is 7. The second kappa shape index (κ2) is 9.99. The van der Waals surface area contributed by atoms with E-state index < -0.39 is 10.0 Å². The molecule has 10 heteroatoms. The molecular weight excluding hydrogens is 394 g/mol. The number of carbonyl (C=O) groups excluding carboxylic acids is 1. The predicted molar refractivity (Wildman–Crippen MR) is 109 cm³/mol. The van der Waals surface area contributed by atoms with E-state index in [-0.39, 0.29) is 11.7 Å². The summed E-state index contributed by atoms with van der Waals surface area (Å²) < 4.78 is 31.2. The minimum absolute atomic E-state index is 0.154. The number of nitrogens with zero attached hydrogens (tertiary/aromatic N) is 5. The Morgan fingerprint density at radius 2 is 1.83 bits per heavy atom. The van der Waals surface area contributed by atoms with Gasteiger partial charge in [0.15, 0.2) is 5.82 Å². The van der Waals surface area contributed by atoms with Gasteiger partial charge < -0.3 is 9.42 Å². The molecule has 3 rings (SSSR count). The molecule has 0 bridgehead atoms. The van der Waals surface area contributed by atoms with Gasteiger partial charge in [0.1, 0.15) is 0 Å². The summed E-state index contributed by atoms with van der Waals surface area (Å²) in [5.41, 5.74) is 0. The number of amides is 1. The maximum Gasteiger partial charge on any atom is 0.227 e. The van der Waals surface area contributed by atoms with Crippen molar-refractivity contribution in [3.05, 3.63) is 11.7 Å². The van der Waals surface area contributed by atoms with Crippen LogP contribution in [-0.4, -0.2) is 83.6 Å². The zero-order chi connectivity index (χ0) is 20.9. The Kier molecular flexibility index (Phi) is 7.64. The van der Waals surface area contributed by atoms with E-state index in [0.29, 0.717) is 69.6 Å². The van der Waals surface area contributed by atoms with Crippen LogP contribution in [0.1, 0.15) is 51.2 Å². The number of aryl methyl sites for hydroxylation is 1. The minimum atomic E-state index is -3.13. The number of aromatic nitrogens is 2. The third-order valence-electron chi connectivity index (χ3n) is 5.75. The zero-order valence-corrected chi connectivity index (χ0v) is 18.4. The Morgan fingerprint density at radius 3 is 2.48 bits per heavy atom. The zero-order valence-electron chi connectivity index (χ0n) is 17.5. The summed E-state index contributed by atoms with van der Waals surface area (Å²) in [6.07, 6.45) is 3.63. The lowest BCUT2D eigenvalue weighted by molar-refractivity contribution is -0.132. The molecule has 1 amide bonds. The lowest BCUT2D eigenvalue weighted by Gasteiger charge is -2.33. The molecule has 0 aliphatic carbocycles. The van der Waals surface area contributed by atoms with Gasteiger partial charge in [0.25, 0.3) is 0 Å². The summed E-state index contributed by atoms with van der Waals surface area (Å²) in [4.78, 5) is 20.8. The third-order valence-corrected chi connectivity index (χ3v) is 7.83. The quantitative estimate of drug-likeness (QED) is 0.613. The van der Waals surface area contributed by atoms with Crippen LogP contribution in [0.4, 0.5) is 0 Å². The van der Waals surface area contributed by atoms with Gasteiger partial charge >= 0.3 is 0 Å². The lowest BCUT2D eigenvalue weighted by Crippen LogP contribution is -2.48. The smallest absolute Gasteiger partial charge is 0.227 e. The fraction of sp³-hybridized carbons (Fsp3) is 0.842. The van der Waals surface area contributed by atoms with E-state index in [1.165, 1.54) is 0 Å². The summed E-state index contributed by atoms with van der Waals surface area (Å²) in [6, 6.07) is 0. The molecule has 0 unspecified atom stereocenters. The van der Waals surface area contributed by atoms with Gasteiger partial charge in [0, 0.05) is 52.1 Å². The van der Waals surface area contributed by atoms with E-state index >= 15 is 0 Å².